The number of nitrogens with zero attached hydrogens (tertiary/aromatic N) is 6. The number of piperazine rings is 1. The van der Waals surface area contributed by atoms with E-state index >= 15 is 0 Å². The van der Waals surface area contributed by atoms with Crippen LogP contribution < -0.4 is 0 Å². The van der Waals surface area contributed by atoms with Crippen LogP contribution in [0.4, 0.5) is 0 Å². The van der Waals surface area contributed by atoms with Crippen molar-refractivity contribution in [3.63, 3.8) is 0 Å². The molecule has 2 heterocycles. The van der Waals surface area contributed by atoms with Crippen molar-refractivity contribution in [3.05, 3.63) is 5.82 Å². The van der Waals surface area contributed by atoms with E-state index in [0.29, 0.717) is 12.6 Å². The van der Waals surface area contributed by atoms with Crippen LogP contribution in [0.25, 0.3) is 0 Å². The Balaban J connectivity index is 1.60. The Labute approximate surface area is 139 Å². The Morgan fingerprint density at radius 3 is 2.57 bits per heavy atom. The third kappa shape index (κ3) is 3.89. The maximum atomic E-state index is 5.16. The molecule has 3 rings (SSSR count). The first-order valence-corrected chi connectivity index (χ1v) is 9.06. The molecule has 0 N–H and O–H groups in total. The Hall–Kier alpha value is -1.05. The first kappa shape index (κ1) is 16.8. The molecule has 0 radical (unpaired) electrons. The summed E-state index contributed by atoms with van der Waals surface area (Å²) in [6.45, 7) is 8.19. The summed E-state index contributed by atoms with van der Waals surface area (Å²) in [5, 5.41) is 12.3. The zero-order valence-electron chi connectivity index (χ0n) is 14.5. The fourth-order valence-electron chi connectivity index (χ4n) is 4.07. The number of hydrogen-bond donors (Lipinski definition) is 0. The van der Waals surface area contributed by atoms with Crippen LogP contribution in [0.3, 0.4) is 0 Å². The van der Waals surface area contributed by atoms with Crippen LogP contribution in [0.1, 0.15) is 50.9 Å². The van der Waals surface area contributed by atoms with Gasteiger partial charge in [0.05, 0.1) is 19.2 Å². The quantitative estimate of drug-likeness (QED) is 0.755. The summed E-state index contributed by atoms with van der Waals surface area (Å²) in [7, 11) is 1.71. The van der Waals surface area contributed by atoms with Gasteiger partial charge in [0.25, 0.3) is 0 Å². The molecule has 0 amide bonds. The van der Waals surface area contributed by atoms with Gasteiger partial charge in [0.1, 0.15) is 0 Å². The third-order valence-electron chi connectivity index (χ3n) is 5.38. The number of aromatic nitrogens is 4. The van der Waals surface area contributed by atoms with Gasteiger partial charge in [-0.3, -0.25) is 9.80 Å². The van der Waals surface area contributed by atoms with E-state index in [4.69, 9.17) is 4.74 Å². The number of methoxy groups -OCH3 is 1. The van der Waals surface area contributed by atoms with Gasteiger partial charge in [0, 0.05) is 39.3 Å². The van der Waals surface area contributed by atoms with Crippen molar-refractivity contribution >= 4 is 0 Å². The minimum absolute atomic E-state index is 0.313. The lowest BCUT2D eigenvalue weighted by Gasteiger charge is -2.40. The molecule has 130 valence electrons. The molecular weight excluding hydrogens is 292 g/mol. The molecule has 1 atom stereocenters. The number of hydrogen-bond acceptors (Lipinski definition) is 6. The topological polar surface area (TPSA) is 59.3 Å². The number of tetrazole rings is 1. The fraction of sp³-hybridized carbons (Fsp3) is 0.938. The van der Waals surface area contributed by atoms with Gasteiger partial charge in [-0.2, -0.15) is 0 Å². The predicted molar refractivity (Wildman–Crippen MR) is 88.1 cm³/mol. The van der Waals surface area contributed by atoms with E-state index in [1.54, 1.807) is 7.11 Å². The first-order valence-electron chi connectivity index (χ1n) is 9.06. The van der Waals surface area contributed by atoms with Crippen LogP contribution in [-0.4, -0.2) is 75.9 Å². The smallest absolute Gasteiger partial charge is 0.168 e. The van der Waals surface area contributed by atoms with E-state index in [1.807, 2.05) is 4.68 Å². The molecule has 1 saturated heterocycles. The molecule has 1 saturated carbocycles. The molecule has 1 aliphatic carbocycles. The van der Waals surface area contributed by atoms with E-state index < -0.39 is 0 Å². The van der Waals surface area contributed by atoms with Crippen molar-refractivity contribution < 1.29 is 4.74 Å². The Kier molecular flexibility index (Phi) is 5.96. The second-order valence-corrected chi connectivity index (χ2v) is 6.69. The van der Waals surface area contributed by atoms with Gasteiger partial charge >= 0.3 is 0 Å². The van der Waals surface area contributed by atoms with Crippen molar-refractivity contribution in [2.45, 2.75) is 57.7 Å². The second kappa shape index (κ2) is 8.17. The zero-order chi connectivity index (χ0) is 16.1. The Morgan fingerprint density at radius 2 is 1.91 bits per heavy atom. The van der Waals surface area contributed by atoms with Gasteiger partial charge in [-0.15, -0.1) is 5.10 Å². The van der Waals surface area contributed by atoms with Crippen LogP contribution in [0.5, 0.6) is 0 Å². The van der Waals surface area contributed by atoms with Gasteiger partial charge in [-0.1, -0.05) is 19.8 Å². The molecule has 23 heavy (non-hydrogen) atoms. The van der Waals surface area contributed by atoms with Crippen LogP contribution >= 0.6 is 0 Å². The van der Waals surface area contributed by atoms with Gasteiger partial charge in [0.15, 0.2) is 5.82 Å². The lowest BCUT2D eigenvalue weighted by atomic mass is 10.1. The van der Waals surface area contributed by atoms with E-state index in [0.717, 1.165) is 37.9 Å². The molecule has 0 spiro atoms. The van der Waals surface area contributed by atoms with Crippen molar-refractivity contribution in [1.29, 1.82) is 0 Å². The summed E-state index contributed by atoms with van der Waals surface area (Å²) in [6, 6.07) is 1.15. The molecule has 0 unspecified atom stereocenters. The van der Waals surface area contributed by atoms with Crippen molar-refractivity contribution in [1.82, 2.24) is 30.0 Å². The molecule has 0 aromatic carbocycles. The van der Waals surface area contributed by atoms with E-state index in [2.05, 4.69) is 32.2 Å². The largest absolute Gasteiger partial charge is 0.383 e. The van der Waals surface area contributed by atoms with Crippen LogP contribution in [-0.2, 0) is 11.3 Å². The van der Waals surface area contributed by atoms with Crippen molar-refractivity contribution in [2.75, 3.05) is 39.9 Å². The summed E-state index contributed by atoms with van der Waals surface area (Å²) in [6.07, 6.45) is 6.66. The molecule has 1 aliphatic heterocycles. The maximum Gasteiger partial charge on any atom is 0.168 e. The van der Waals surface area contributed by atoms with Crippen LogP contribution in [0.15, 0.2) is 0 Å². The molecule has 2 fully saturated rings. The summed E-state index contributed by atoms with van der Waals surface area (Å²) < 4.78 is 7.07. The highest BCUT2D eigenvalue weighted by Crippen LogP contribution is 2.27. The zero-order valence-corrected chi connectivity index (χ0v) is 14.5. The SMILES string of the molecule is CC[C@H](c1nnnn1CCOC)N1CCN(C2CCCC2)CC1. The van der Waals surface area contributed by atoms with Crippen LogP contribution in [0, 0.1) is 0 Å². The van der Waals surface area contributed by atoms with E-state index in [1.165, 1.54) is 38.8 Å². The monoisotopic (exact) mass is 322 g/mol. The summed E-state index contributed by atoms with van der Waals surface area (Å²) in [5.41, 5.74) is 0. The molecular formula is C16H30N6O. The predicted octanol–water partition coefficient (Wildman–Crippen LogP) is 1.33. The molecule has 7 heteroatoms. The molecule has 1 aromatic rings. The lowest BCUT2D eigenvalue weighted by Crippen LogP contribution is -2.50. The van der Waals surface area contributed by atoms with Crippen molar-refractivity contribution in [2.24, 2.45) is 0 Å². The average molecular weight is 322 g/mol. The maximum absolute atomic E-state index is 5.16. The highest BCUT2D eigenvalue weighted by atomic mass is 16.5. The summed E-state index contributed by atoms with van der Waals surface area (Å²) >= 11 is 0. The normalized spacial score (nSPS) is 22.7. The number of rotatable bonds is 7. The first-order chi connectivity index (χ1) is 11.3. The minimum Gasteiger partial charge on any atom is -0.383 e. The van der Waals surface area contributed by atoms with E-state index in [-0.39, 0.29) is 0 Å². The summed E-state index contributed by atoms with van der Waals surface area (Å²) in [5.74, 6) is 0.985. The third-order valence-corrected chi connectivity index (χ3v) is 5.38. The highest BCUT2D eigenvalue weighted by Gasteiger charge is 2.31. The van der Waals surface area contributed by atoms with Gasteiger partial charge in [-0.05, 0) is 29.7 Å². The fourth-order valence-corrected chi connectivity index (χ4v) is 4.07. The van der Waals surface area contributed by atoms with Gasteiger partial charge in [0.2, 0.25) is 0 Å². The number of ether oxygens (including phenoxy) is 1. The highest BCUT2D eigenvalue weighted by molar-refractivity contribution is 4.95. The van der Waals surface area contributed by atoms with Crippen LogP contribution in [0.2, 0.25) is 0 Å². The average Bonchev–Trinajstić information content (AvgIpc) is 3.26. The van der Waals surface area contributed by atoms with Crippen molar-refractivity contribution in [3.8, 4) is 0 Å². The molecule has 1 aromatic heterocycles. The standard InChI is InChI=1S/C16H30N6O/c1-3-15(16-17-18-19-22(16)12-13-23-2)21-10-8-20(9-11-21)14-6-4-5-7-14/h14-15H,3-13H2,1-2H3/t15-/m1/s1. The molecule has 2 aliphatic rings. The Morgan fingerprint density at radius 1 is 1.17 bits per heavy atom. The molecule has 7 nitrogen and oxygen atoms in total. The lowest BCUT2D eigenvalue weighted by molar-refractivity contribution is 0.0637. The van der Waals surface area contributed by atoms with Gasteiger partial charge in [-0.25, -0.2) is 4.68 Å². The Bertz CT molecular complexity index is 465. The van der Waals surface area contributed by atoms with E-state index in [9.17, 15) is 0 Å². The second-order valence-electron chi connectivity index (χ2n) is 6.69. The van der Waals surface area contributed by atoms with Gasteiger partial charge < -0.3 is 4.74 Å². The molecule has 0 bridgehead atoms. The summed E-state index contributed by atoms with van der Waals surface area (Å²) in [4.78, 5) is 5.25. The minimum atomic E-state index is 0.313.